The Balaban J connectivity index is 1.27. The number of aromatic nitrogens is 5. The van der Waals surface area contributed by atoms with Gasteiger partial charge in [0.25, 0.3) is 0 Å². The second kappa shape index (κ2) is 11.4. The third-order valence-electron chi connectivity index (χ3n) is 11.7. The summed E-state index contributed by atoms with van der Waals surface area (Å²) in [5.41, 5.74) is 11.2. The van der Waals surface area contributed by atoms with Crippen molar-refractivity contribution in [1.29, 1.82) is 0 Å². The molecule has 0 radical (unpaired) electrons. The predicted molar refractivity (Wildman–Crippen MR) is 233 cm³/mol. The van der Waals surface area contributed by atoms with Crippen LogP contribution in [-0.4, -0.2) is 23.8 Å². The van der Waals surface area contributed by atoms with E-state index in [1.54, 1.807) is 0 Å². The molecule has 0 saturated heterocycles. The van der Waals surface area contributed by atoms with Gasteiger partial charge in [-0.3, -0.25) is 0 Å². The molecule has 5 heterocycles. The van der Waals surface area contributed by atoms with Gasteiger partial charge in [0.15, 0.2) is 17.5 Å². The smallest absolute Gasteiger partial charge is 0.164 e. The van der Waals surface area contributed by atoms with Crippen LogP contribution < -0.4 is 0 Å². The normalized spacial score (nSPS) is 12.2. The maximum absolute atomic E-state index is 6.89. The van der Waals surface area contributed by atoms with Crippen molar-refractivity contribution in [3.8, 4) is 34.2 Å². The van der Waals surface area contributed by atoms with Crippen LogP contribution in [-0.2, 0) is 0 Å². The summed E-state index contributed by atoms with van der Waals surface area (Å²) in [6.45, 7) is 0. The maximum Gasteiger partial charge on any atom is 0.164 e. The van der Waals surface area contributed by atoms with E-state index in [-0.39, 0.29) is 0 Å². The van der Waals surface area contributed by atoms with Gasteiger partial charge < -0.3 is 13.2 Å². The number of hydrogen-bond donors (Lipinski definition) is 0. The van der Waals surface area contributed by atoms with Crippen LogP contribution in [0.25, 0.3) is 122 Å². The van der Waals surface area contributed by atoms with E-state index < -0.39 is 0 Å². The molecule has 0 aliphatic carbocycles. The molecule has 0 aliphatic rings. The summed E-state index contributed by atoms with van der Waals surface area (Å²) in [5, 5.41) is 8.96. The average Bonchev–Trinajstić information content (AvgIpc) is 3.94. The van der Waals surface area contributed by atoms with Gasteiger partial charge in [-0.25, -0.2) is 15.0 Å². The largest absolute Gasteiger partial charge is 0.455 e. The van der Waals surface area contributed by atoms with Crippen molar-refractivity contribution in [2.24, 2.45) is 0 Å². The third kappa shape index (κ3) is 4.16. The fourth-order valence-electron chi connectivity index (χ4n) is 9.34. The van der Waals surface area contributed by atoms with E-state index in [4.69, 9.17) is 19.4 Å². The van der Waals surface area contributed by atoms with E-state index in [0.717, 1.165) is 93.3 Å². The van der Waals surface area contributed by atoms with Crippen LogP contribution in [0, 0.1) is 0 Å². The van der Waals surface area contributed by atoms with Crippen LogP contribution in [0.5, 0.6) is 0 Å². The quantitative estimate of drug-likeness (QED) is 0.182. The number of fused-ring (bicyclic) bond motifs is 14. The van der Waals surface area contributed by atoms with Crippen LogP contribution in [0.3, 0.4) is 0 Å². The average molecular weight is 728 g/mol. The number of hydrogen-bond acceptors (Lipinski definition) is 4. The van der Waals surface area contributed by atoms with E-state index in [0.29, 0.717) is 17.5 Å². The fraction of sp³-hybridized carbons (Fsp3) is 0. The molecule has 13 aromatic rings. The molecule has 5 aromatic heterocycles. The molecule has 8 aromatic carbocycles. The number of furan rings is 1. The lowest BCUT2D eigenvalue weighted by molar-refractivity contribution is 0.673. The summed E-state index contributed by atoms with van der Waals surface area (Å²) >= 11 is 0. The van der Waals surface area contributed by atoms with Crippen molar-refractivity contribution < 1.29 is 4.42 Å². The summed E-state index contributed by atoms with van der Waals surface area (Å²) in [5.74, 6) is 1.89. The molecule has 6 nitrogen and oxygen atoms in total. The van der Waals surface area contributed by atoms with Crippen molar-refractivity contribution in [3.05, 3.63) is 176 Å². The molecule has 0 N–H and O–H groups in total. The highest BCUT2D eigenvalue weighted by molar-refractivity contribution is 6.29. The SMILES string of the molecule is c1ccc(-c2nc(-c3ccccc3)nc(-c3cccc4c3c3cccc5c6c7oc8ccccc8c7ccc6n6c7ccccc7c7cccc(c76)n4c35)n2)cc1. The zero-order valence-electron chi connectivity index (χ0n) is 30.4. The Morgan fingerprint density at radius 2 is 0.877 bits per heavy atom. The Kier molecular flexibility index (Phi) is 6.07. The lowest BCUT2D eigenvalue weighted by atomic mass is 10.0. The Morgan fingerprint density at radius 1 is 0.333 bits per heavy atom. The van der Waals surface area contributed by atoms with E-state index >= 15 is 0 Å². The molecule has 0 bridgehead atoms. The monoisotopic (exact) mass is 727 g/mol. The van der Waals surface area contributed by atoms with Crippen LogP contribution in [0.1, 0.15) is 0 Å². The summed E-state index contributed by atoms with van der Waals surface area (Å²) < 4.78 is 11.8. The lowest BCUT2D eigenvalue weighted by Gasteiger charge is -2.11. The highest BCUT2D eigenvalue weighted by atomic mass is 16.3. The van der Waals surface area contributed by atoms with Crippen LogP contribution in [0.2, 0.25) is 0 Å². The van der Waals surface area contributed by atoms with Crippen molar-refractivity contribution in [3.63, 3.8) is 0 Å². The number of para-hydroxylation sites is 4. The minimum absolute atomic E-state index is 0.625. The highest BCUT2D eigenvalue weighted by Crippen LogP contribution is 2.45. The third-order valence-corrected chi connectivity index (χ3v) is 11.7. The van der Waals surface area contributed by atoms with E-state index in [1.165, 1.54) is 10.8 Å². The Morgan fingerprint density at radius 3 is 1.67 bits per heavy atom. The second-order valence-corrected chi connectivity index (χ2v) is 14.7. The maximum atomic E-state index is 6.89. The Bertz CT molecular complexity index is 3750. The highest BCUT2D eigenvalue weighted by Gasteiger charge is 2.24. The molecule has 0 atom stereocenters. The first-order valence-electron chi connectivity index (χ1n) is 19.2. The number of benzene rings is 8. The predicted octanol–water partition coefficient (Wildman–Crippen LogP) is 13.0. The van der Waals surface area contributed by atoms with Gasteiger partial charge in [0.1, 0.15) is 11.2 Å². The molecule has 0 aliphatic heterocycles. The first kappa shape index (κ1) is 30.5. The molecular weight excluding hydrogens is 699 g/mol. The number of nitrogens with zero attached hydrogens (tertiary/aromatic N) is 5. The zero-order valence-corrected chi connectivity index (χ0v) is 30.4. The van der Waals surface area contributed by atoms with E-state index in [1.807, 2.05) is 42.5 Å². The molecule has 0 unspecified atom stereocenters. The van der Waals surface area contributed by atoms with E-state index in [9.17, 15) is 0 Å². The van der Waals surface area contributed by atoms with Crippen molar-refractivity contribution in [2.75, 3.05) is 0 Å². The molecule has 264 valence electrons. The van der Waals surface area contributed by atoms with Gasteiger partial charge in [-0.15, -0.1) is 0 Å². The Labute approximate surface area is 324 Å². The molecule has 0 amide bonds. The van der Waals surface area contributed by atoms with Crippen molar-refractivity contribution in [1.82, 2.24) is 23.8 Å². The molecule has 0 spiro atoms. The van der Waals surface area contributed by atoms with Gasteiger partial charge in [0.05, 0.1) is 38.5 Å². The summed E-state index contributed by atoms with van der Waals surface area (Å²) in [6.07, 6.45) is 0. The molecule has 0 fully saturated rings. The van der Waals surface area contributed by atoms with Crippen LogP contribution in [0.4, 0.5) is 0 Å². The molecule has 0 saturated carbocycles. The fourth-order valence-corrected chi connectivity index (χ4v) is 9.34. The Hall–Kier alpha value is -7.83. The van der Waals surface area contributed by atoms with Crippen molar-refractivity contribution >= 4 is 87.4 Å². The molecular formula is C51H29N5O. The van der Waals surface area contributed by atoms with Crippen LogP contribution >= 0.6 is 0 Å². The van der Waals surface area contributed by atoms with Gasteiger partial charge in [0.2, 0.25) is 0 Å². The topological polar surface area (TPSA) is 60.6 Å². The van der Waals surface area contributed by atoms with E-state index in [2.05, 4.69) is 142 Å². The first-order chi connectivity index (χ1) is 28.3. The lowest BCUT2D eigenvalue weighted by Crippen LogP contribution is -2.00. The second-order valence-electron chi connectivity index (χ2n) is 14.7. The molecule has 13 rings (SSSR count). The van der Waals surface area contributed by atoms with Crippen LogP contribution in [0.15, 0.2) is 180 Å². The minimum atomic E-state index is 0.625. The van der Waals surface area contributed by atoms with Gasteiger partial charge in [-0.05, 0) is 36.4 Å². The summed E-state index contributed by atoms with van der Waals surface area (Å²) in [4.78, 5) is 15.5. The van der Waals surface area contributed by atoms with Gasteiger partial charge >= 0.3 is 0 Å². The number of rotatable bonds is 3. The van der Waals surface area contributed by atoms with Crippen molar-refractivity contribution in [2.45, 2.75) is 0 Å². The first-order valence-corrected chi connectivity index (χ1v) is 19.2. The van der Waals surface area contributed by atoms with Gasteiger partial charge in [-0.1, -0.05) is 140 Å². The standard InChI is InChI=1S/C51H29N5O/c1-3-14-30(15-4-1)49-52-50(31-16-5-2-6-17-31)54-51(53-49)38-23-13-25-40-44(38)36-21-11-22-37-45-41(29-28-35-33-19-8-10-27-43(33)57-48(35)45)55-39-24-9-7-18-32(39)34-20-12-26-42(47(34)55)56(40)46(36)37/h1-29H. The minimum Gasteiger partial charge on any atom is -0.455 e. The molecule has 6 heteroatoms. The molecule has 57 heavy (non-hydrogen) atoms. The summed E-state index contributed by atoms with van der Waals surface area (Å²) in [7, 11) is 0. The zero-order chi connectivity index (χ0) is 37.2. The van der Waals surface area contributed by atoms with Gasteiger partial charge in [0, 0.05) is 54.4 Å². The summed E-state index contributed by atoms with van der Waals surface area (Å²) in [6, 6.07) is 61.8. The van der Waals surface area contributed by atoms with Gasteiger partial charge in [-0.2, -0.15) is 0 Å².